The normalized spacial score (nSPS) is 11.1. The van der Waals surface area contributed by atoms with Crippen LogP contribution in [0.4, 0.5) is 0 Å². The molecule has 0 aliphatic heterocycles. The van der Waals surface area contributed by atoms with E-state index in [1.165, 1.54) is 0 Å². The number of hydrogen-bond donors (Lipinski definition) is 3. The number of nitrogens with two attached hydrogens (primary N) is 1. The Hall–Kier alpha value is -0.350. The number of aliphatic hydroxyl groups excluding tert-OH is 1. The van der Waals surface area contributed by atoms with Gasteiger partial charge in [-0.15, -0.1) is 0 Å². The molecule has 0 aliphatic carbocycles. The molecule has 0 aliphatic rings. The van der Waals surface area contributed by atoms with E-state index < -0.39 is 0 Å². The summed E-state index contributed by atoms with van der Waals surface area (Å²) in [6, 6.07) is 0. The predicted octanol–water partition coefficient (Wildman–Crippen LogP) is -0.162. The summed E-state index contributed by atoms with van der Waals surface area (Å²) in [5.41, 5.74) is 5.04. The van der Waals surface area contributed by atoms with E-state index in [0.29, 0.717) is 6.54 Å². The molecule has 0 amide bonds. The summed E-state index contributed by atoms with van der Waals surface area (Å²) < 4.78 is 0. The van der Waals surface area contributed by atoms with Gasteiger partial charge in [0.25, 0.3) is 0 Å². The summed E-state index contributed by atoms with van der Waals surface area (Å²) in [5, 5.41) is 11.8. The van der Waals surface area contributed by atoms with Gasteiger partial charge in [0, 0.05) is 18.6 Å². The average Bonchev–Trinajstić information content (AvgIpc) is 1.85. The van der Waals surface area contributed by atoms with Crippen molar-refractivity contribution < 1.29 is 5.11 Å². The van der Waals surface area contributed by atoms with Gasteiger partial charge in [0.2, 0.25) is 0 Å². The molecule has 4 N–H and O–H groups in total. The number of thiocarbonyl (C=S) groups is 1. The largest absolute Gasteiger partial charge is 0.396 e. The van der Waals surface area contributed by atoms with E-state index in [1.807, 2.05) is 13.8 Å². The molecular weight excluding hydrogens is 148 g/mol. The minimum absolute atomic E-state index is 0.128. The second-order valence-electron chi connectivity index (χ2n) is 3.04. The summed E-state index contributed by atoms with van der Waals surface area (Å²) in [6.45, 7) is 4.60. The maximum atomic E-state index is 8.78. The Morgan fingerprint density at radius 3 is 2.50 bits per heavy atom. The smallest absolute Gasteiger partial charge is 0.163 e. The number of rotatable bonds is 3. The lowest BCUT2D eigenvalue weighted by Gasteiger charge is -2.21. The van der Waals surface area contributed by atoms with Crippen LogP contribution in [-0.4, -0.2) is 23.4 Å². The zero-order valence-corrected chi connectivity index (χ0v) is 7.16. The van der Waals surface area contributed by atoms with E-state index in [1.54, 1.807) is 0 Å². The lowest BCUT2D eigenvalue weighted by atomic mass is 9.95. The lowest BCUT2D eigenvalue weighted by Crippen LogP contribution is -2.38. The highest BCUT2D eigenvalue weighted by atomic mass is 32.1. The number of hydrogen-bond acceptors (Lipinski definition) is 2. The third kappa shape index (κ3) is 4.52. The molecule has 0 heterocycles. The maximum absolute atomic E-state index is 8.78. The SMILES string of the molecule is CC(C)(CO)CNC(N)=S. The van der Waals surface area contributed by atoms with Crippen LogP contribution >= 0.6 is 12.2 Å². The second kappa shape index (κ2) is 3.73. The molecular formula is C6H14N2OS. The first-order valence-electron chi connectivity index (χ1n) is 3.12. The van der Waals surface area contributed by atoms with Crippen LogP contribution < -0.4 is 11.1 Å². The fourth-order valence-electron chi connectivity index (χ4n) is 0.382. The molecule has 0 atom stereocenters. The summed E-state index contributed by atoms with van der Waals surface area (Å²) >= 11 is 4.60. The third-order valence-corrected chi connectivity index (χ3v) is 1.31. The molecule has 10 heavy (non-hydrogen) atoms. The van der Waals surface area contributed by atoms with E-state index in [0.717, 1.165) is 0 Å². The van der Waals surface area contributed by atoms with Crippen LogP contribution in [0.2, 0.25) is 0 Å². The molecule has 0 saturated heterocycles. The van der Waals surface area contributed by atoms with Gasteiger partial charge in [-0.3, -0.25) is 0 Å². The first kappa shape index (κ1) is 9.65. The van der Waals surface area contributed by atoms with E-state index >= 15 is 0 Å². The fourth-order valence-corrected chi connectivity index (χ4v) is 0.454. The summed E-state index contributed by atoms with van der Waals surface area (Å²) in [6.07, 6.45) is 0. The van der Waals surface area contributed by atoms with Crippen molar-refractivity contribution in [2.75, 3.05) is 13.2 Å². The summed E-state index contributed by atoms with van der Waals surface area (Å²) in [5.74, 6) is 0. The minimum atomic E-state index is -0.149. The molecule has 60 valence electrons. The van der Waals surface area contributed by atoms with Gasteiger partial charge in [0.1, 0.15) is 0 Å². The Bertz CT molecular complexity index is 125. The first-order valence-corrected chi connectivity index (χ1v) is 3.53. The van der Waals surface area contributed by atoms with Crippen molar-refractivity contribution in [3.05, 3.63) is 0 Å². The summed E-state index contributed by atoms with van der Waals surface area (Å²) in [7, 11) is 0. The van der Waals surface area contributed by atoms with Crippen molar-refractivity contribution >= 4 is 17.3 Å². The van der Waals surface area contributed by atoms with Crippen molar-refractivity contribution in [2.45, 2.75) is 13.8 Å². The predicted molar refractivity (Wildman–Crippen MR) is 45.7 cm³/mol. The molecule has 0 fully saturated rings. The van der Waals surface area contributed by atoms with Crippen LogP contribution in [0.5, 0.6) is 0 Å². The highest BCUT2D eigenvalue weighted by Gasteiger charge is 2.15. The molecule has 0 radical (unpaired) electrons. The number of nitrogens with one attached hydrogen (secondary N) is 1. The Labute approximate surface area is 66.6 Å². The molecule has 0 rings (SSSR count). The first-order chi connectivity index (χ1) is 4.48. The van der Waals surface area contributed by atoms with Crippen molar-refractivity contribution in [2.24, 2.45) is 11.1 Å². The van der Waals surface area contributed by atoms with Crippen molar-refractivity contribution in [3.63, 3.8) is 0 Å². The molecule has 0 unspecified atom stereocenters. The van der Waals surface area contributed by atoms with Gasteiger partial charge in [0.15, 0.2) is 5.11 Å². The van der Waals surface area contributed by atoms with Gasteiger partial charge in [0.05, 0.1) is 0 Å². The fraction of sp³-hybridized carbons (Fsp3) is 0.833. The van der Waals surface area contributed by atoms with Crippen molar-refractivity contribution in [1.82, 2.24) is 5.32 Å². The van der Waals surface area contributed by atoms with E-state index in [9.17, 15) is 0 Å². The monoisotopic (exact) mass is 162 g/mol. The zero-order valence-electron chi connectivity index (χ0n) is 6.35. The van der Waals surface area contributed by atoms with Crippen LogP contribution in [0.25, 0.3) is 0 Å². The van der Waals surface area contributed by atoms with E-state index in [4.69, 9.17) is 10.8 Å². The Morgan fingerprint density at radius 1 is 1.70 bits per heavy atom. The third-order valence-electron chi connectivity index (χ3n) is 1.17. The van der Waals surface area contributed by atoms with Gasteiger partial charge >= 0.3 is 0 Å². The highest BCUT2D eigenvalue weighted by molar-refractivity contribution is 7.80. The standard InChI is InChI=1S/C6H14N2OS/c1-6(2,4-9)3-8-5(7)10/h9H,3-4H2,1-2H3,(H3,7,8,10). The highest BCUT2D eigenvalue weighted by Crippen LogP contribution is 2.10. The molecule has 0 saturated carbocycles. The lowest BCUT2D eigenvalue weighted by molar-refractivity contribution is 0.162. The van der Waals surface area contributed by atoms with Crippen molar-refractivity contribution in [3.8, 4) is 0 Å². The van der Waals surface area contributed by atoms with Crippen molar-refractivity contribution in [1.29, 1.82) is 0 Å². The van der Waals surface area contributed by atoms with Crippen LogP contribution in [0.1, 0.15) is 13.8 Å². The molecule has 0 bridgehead atoms. The van der Waals surface area contributed by atoms with Crippen LogP contribution in [0, 0.1) is 5.41 Å². The molecule has 0 aromatic rings. The summed E-state index contributed by atoms with van der Waals surface area (Å²) in [4.78, 5) is 0. The van der Waals surface area contributed by atoms with Gasteiger partial charge in [-0.25, -0.2) is 0 Å². The number of aliphatic hydroxyl groups is 1. The maximum Gasteiger partial charge on any atom is 0.163 e. The Kier molecular flexibility index (Phi) is 3.60. The zero-order chi connectivity index (χ0) is 8.20. The average molecular weight is 162 g/mol. The Morgan fingerprint density at radius 2 is 2.20 bits per heavy atom. The van der Waals surface area contributed by atoms with Gasteiger partial charge in [-0.2, -0.15) is 0 Å². The second-order valence-corrected chi connectivity index (χ2v) is 3.48. The van der Waals surface area contributed by atoms with Gasteiger partial charge < -0.3 is 16.2 Å². The van der Waals surface area contributed by atoms with Crippen LogP contribution in [0.3, 0.4) is 0 Å². The molecule has 0 spiro atoms. The van der Waals surface area contributed by atoms with Crippen LogP contribution in [0.15, 0.2) is 0 Å². The van der Waals surface area contributed by atoms with E-state index in [-0.39, 0.29) is 17.1 Å². The van der Waals surface area contributed by atoms with Gasteiger partial charge in [-0.05, 0) is 12.2 Å². The molecule has 0 aromatic heterocycles. The topological polar surface area (TPSA) is 58.3 Å². The Balaban J connectivity index is 3.56. The minimum Gasteiger partial charge on any atom is -0.396 e. The molecule has 4 heteroatoms. The molecule has 3 nitrogen and oxygen atoms in total. The van der Waals surface area contributed by atoms with Gasteiger partial charge in [-0.1, -0.05) is 13.8 Å². The van der Waals surface area contributed by atoms with E-state index in [2.05, 4.69) is 17.5 Å². The van der Waals surface area contributed by atoms with Crippen LogP contribution in [-0.2, 0) is 0 Å². The quantitative estimate of drug-likeness (QED) is 0.505. The molecule has 0 aromatic carbocycles.